The number of anilines is 1. The van der Waals surface area contributed by atoms with Gasteiger partial charge in [-0.1, -0.05) is 24.3 Å². The summed E-state index contributed by atoms with van der Waals surface area (Å²) < 4.78 is 32.5. The zero-order chi connectivity index (χ0) is 23.0. The van der Waals surface area contributed by atoms with Crippen LogP contribution in [0.25, 0.3) is 0 Å². The first-order valence-electron chi connectivity index (χ1n) is 9.68. The second-order valence-corrected chi connectivity index (χ2v) is 8.29. The zero-order valence-electron chi connectivity index (χ0n) is 17.5. The fraction of sp³-hybridized carbons (Fsp3) is 0.286. The highest BCUT2D eigenvalue weighted by Crippen LogP contribution is 2.24. The lowest BCUT2D eigenvalue weighted by molar-refractivity contribution is -0.127. The lowest BCUT2D eigenvalue weighted by Crippen LogP contribution is -2.44. The minimum Gasteiger partial charge on any atom is -0.449 e. The van der Waals surface area contributed by atoms with Crippen LogP contribution in [0.1, 0.15) is 31.1 Å². The van der Waals surface area contributed by atoms with E-state index in [0.29, 0.717) is 12.2 Å². The van der Waals surface area contributed by atoms with Crippen LogP contribution < -0.4 is 14.9 Å². The van der Waals surface area contributed by atoms with E-state index in [1.165, 1.54) is 35.5 Å². The molecule has 0 saturated carbocycles. The van der Waals surface area contributed by atoms with Crippen molar-refractivity contribution in [2.75, 3.05) is 17.4 Å². The summed E-state index contributed by atoms with van der Waals surface area (Å²) in [5.74, 6) is -1.69. The van der Waals surface area contributed by atoms with Crippen LogP contribution in [0.15, 0.2) is 59.5 Å². The van der Waals surface area contributed by atoms with Crippen LogP contribution in [-0.4, -0.2) is 45.5 Å². The number of carbonyl (C=O) groups excluding carboxylic acids is 3. The lowest BCUT2D eigenvalue weighted by atomic mass is 10.2. The second-order valence-electron chi connectivity index (χ2n) is 6.43. The number of sulfonamides is 1. The van der Waals surface area contributed by atoms with Gasteiger partial charge in [0.05, 0.1) is 16.1 Å². The van der Waals surface area contributed by atoms with E-state index < -0.39 is 34.0 Å². The standard InChI is InChI=1S/C21H25N3O6S/c1-4-22-21(27)23-19(25)15(3)30-20(26)16-10-9-13-18(14-16)31(28,29)24(5-2)17-11-7-6-8-12-17/h6-15H,4-5H2,1-3H3,(H2,22,23,25,27)/t15-/m1/s1. The quantitative estimate of drug-likeness (QED) is 0.599. The fourth-order valence-electron chi connectivity index (χ4n) is 2.70. The van der Waals surface area contributed by atoms with E-state index >= 15 is 0 Å². The maximum atomic E-state index is 13.1. The van der Waals surface area contributed by atoms with Gasteiger partial charge in [-0.2, -0.15) is 0 Å². The highest BCUT2D eigenvalue weighted by Gasteiger charge is 2.26. The minimum atomic E-state index is -3.93. The Morgan fingerprint density at radius 1 is 1.03 bits per heavy atom. The molecule has 9 nitrogen and oxygen atoms in total. The summed E-state index contributed by atoms with van der Waals surface area (Å²) in [6, 6.07) is 13.3. The average molecular weight is 448 g/mol. The normalized spacial score (nSPS) is 11.8. The predicted molar refractivity (Wildman–Crippen MR) is 115 cm³/mol. The number of ether oxygens (including phenoxy) is 1. The number of benzene rings is 2. The number of rotatable bonds is 8. The fourth-order valence-corrected chi connectivity index (χ4v) is 4.22. The van der Waals surface area contributed by atoms with Crippen molar-refractivity contribution in [1.29, 1.82) is 0 Å². The van der Waals surface area contributed by atoms with Crippen molar-refractivity contribution in [1.82, 2.24) is 10.6 Å². The molecule has 1 atom stereocenters. The van der Waals surface area contributed by atoms with E-state index in [9.17, 15) is 22.8 Å². The molecule has 0 bridgehead atoms. The van der Waals surface area contributed by atoms with Gasteiger partial charge >= 0.3 is 12.0 Å². The molecule has 0 spiro atoms. The van der Waals surface area contributed by atoms with E-state index in [-0.39, 0.29) is 17.0 Å². The van der Waals surface area contributed by atoms with Crippen molar-refractivity contribution in [2.24, 2.45) is 0 Å². The Morgan fingerprint density at radius 2 is 1.71 bits per heavy atom. The molecule has 2 aromatic carbocycles. The summed E-state index contributed by atoms with van der Waals surface area (Å²) in [5, 5.41) is 4.43. The monoisotopic (exact) mass is 447 g/mol. The second kappa shape index (κ2) is 10.6. The number of nitrogens with one attached hydrogen (secondary N) is 2. The summed E-state index contributed by atoms with van der Waals surface area (Å²) in [5.41, 5.74) is 0.455. The number of para-hydroxylation sites is 1. The first-order chi connectivity index (χ1) is 14.7. The molecule has 0 radical (unpaired) electrons. The third kappa shape index (κ3) is 6.05. The summed E-state index contributed by atoms with van der Waals surface area (Å²) in [7, 11) is -3.93. The van der Waals surface area contributed by atoms with E-state index in [0.717, 1.165) is 0 Å². The molecule has 2 N–H and O–H groups in total. The largest absolute Gasteiger partial charge is 0.449 e. The third-order valence-corrected chi connectivity index (χ3v) is 6.12. The molecule has 166 valence electrons. The van der Waals surface area contributed by atoms with Gasteiger partial charge in [-0.25, -0.2) is 18.0 Å². The molecule has 0 heterocycles. The van der Waals surface area contributed by atoms with E-state index in [1.54, 1.807) is 44.2 Å². The molecule has 0 fully saturated rings. The highest BCUT2D eigenvalue weighted by atomic mass is 32.2. The van der Waals surface area contributed by atoms with E-state index in [4.69, 9.17) is 4.74 Å². The number of hydrogen-bond donors (Lipinski definition) is 2. The van der Waals surface area contributed by atoms with Gasteiger partial charge in [-0.3, -0.25) is 14.4 Å². The molecule has 0 aliphatic heterocycles. The Morgan fingerprint density at radius 3 is 2.32 bits per heavy atom. The van der Waals surface area contributed by atoms with Crippen molar-refractivity contribution < 1.29 is 27.5 Å². The van der Waals surface area contributed by atoms with Crippen LogP contribution in [0.5, 0.6) is 0 Å². The summed E-state index contributed by atoms with van der Waals surface area (Å²) >= 11 is 0. The van der Waals surface area contributed by atoms with Gasteiger partial charge < -0.3 is 10.1 Å². The number of amides is 3. The van der Waals surface area contributed by atoms with Crippen molar-refractivity contribution in [2.45, 2.75) is 31.8 Å². The Balaban J connectivity index is 2.19. The van der Waals surface area contributed by atoms with Gasteiger partial charge in [0.1, 0.15) is 0 Å². The highest BCUT2D eigenvalue weighted by molar-refractivity contribution is 7.92. The smallest absolute Gasteiger partial charge is 0.338 e. The Bertz CT molecular complexity index is 1040. The molecule has 0 aliphatic carbocycles. The number of imide groups is 1. The van der Waals surface area contributed by atoms with Gasteiger partial charge in [0.2, 0.25) is 0 Å². The number of urea groups is 1. The van der Waals surface area contributed by atoms with Crippen LogP contribution >= 0.6 is 0 Å². The Labute approximate surface area is 181 Å². The number of hydrogen-bond acceptors (Lipinski definition) is 6. The maximum absolute atomic E-state index is 13.1. The molecule has 2 aromatic rings. The summed E-state index contributed by atoms with van der Waals surface area (Å²) in [6.45, 7) is 5.22. The predicted octanol–water partition coefficient (Wildman–Crippen LogP) is 2.29. The van der Waals surface area contributed by atoms with Crippen LogP contribution in [0.2, 0.25) is 0 Å². The Hall–Kier alpha value is -3.40. The Kier molecular flexibility index (Phi) is 8.14. The van der Waals surface area contributed by atoms with E-state index in [1.807, 2.05) is 5.32 Å². The van der Waals surface area contributed by atoms with Gasteiger partial charge in [0.15, 0.2) is 6.10 Å². The molecule has 0 saturated heterocycles. The van der Waals surface area contributed by atoms with E-state index in [2.05, 4.69) is 5.32 Å². The van der Waals surface area contributed by atoms with Gasteiger partial charge in [0, 0.05) is 13.1 Å². The third-order valence-electron chi connectivity index (χ3n) is 4.22. The molecule has 10 heteroatoms. The topological polar surface area (TPSA) is 122 Å². The SMILES string of the molecule is CCNC(=O)NC(=O)[C@@H](C)OC(=O)c1cccc(S(=O)(=O)N(CC)c2ccccc2)c1. The molecule has 0 unspecified atom stereocenters. The summed E-state index contributed by atoms with van der Waals surface area (Å²) in [4.78, 5) is 35.7. The number of esters is 1. The average Bonchev–Trinajstić information content (AvgIpc) is 2.75. The summed E-state index contributed by atoms with van der Waals surface area (Å²) in [6.07, 6.45) is -1.26. The van der Waals surface area contributed by atoms with Crippen molar-refractivity contribution in [3.8, 4) is 0 Å². The first-order valence-corrected chi connectivity index (χ1v) is 11.1. The van der Waals surface area contributed by atoms with Crippen molar-refractivity contribution in [3.05, 3.63) is 60.2 Å². The molecular weight excluding hydrogens is 422 g/mol. The number of carbonyl (C=O) groups is 3. The molecule has 31 heavy (non-hydrogen) atoms. The minimum absolute atomic E-state index is 0.0390. The molecule has 2 rings (SSSR count). The van der Waals surface area contributed by atoms with Crippen molar-refractivity contribution in [3.63, 3.8) is 0 Å². The zero-order valence-corrected chi connectivity index (χ0v) is 18.3. The maximum Gasteiger partial charge on any atom is 0.338 e. The van der Waals surface area contributed by atoms with Gasteiger partial charge in [-0.15, -0.1) is 0 Å². The molecule has 3 amide bonds. The van der Waals surface area contributed by atoms with Gasteiger partial charge in [0.25, 0.3) is 15.9 Å². The number of nitrogens with zero attached hydrogens (tertiary/aromatic N) is 1. The van der Waals surface area contributed by atoms with Crippen LogP contribution in [0, 0.1) is 0 Å². The molecular formula is C21H25N3O6S. The first kappa shape index (κ1) is 23.9. The van der Waals surface area contributed by atoms with Crippen LogP contribution in [0.4, 0.5) is 10.5 Å². The lowest BCUT2D eigenvalue weighted by Gasteiger charge is -2.23. The van der Waals surface area contributed by atoms with Crippen LogP contribution in [-0.2, 0) is 19.6 Å². The molecule has 0 aliphatic rings. The van der Waals surface area contributed by atoms with Crippen LogP contribution in [0.3, 0.4) is 0 Å². The van der Waals surface area contributed by atoms with Gasteiger partial charge in [-0.05, 0) is 51.1 Å². The molecule has 0 aromatic heterocycles. The van der Waals surface area contributed by atoms with Crippen molar-refractivity contribution >= 4 is 33.6 Å².